The molecule has 28 heavy (non-hydrogen) atoms. The van der Waals surface area contributed by atoms with Crippen molar-refractivity contribution >= 4 is 23.5 Å². The van der Waals surface area contributed by atoms with Crippen LogP contribution < -0.4 is 19.5 Å². The Hall–Kier alpha value is -3.28. The van der Waals surface area contributed by atoms with Gasteiger partial charge in [-0.2, -0.15) is 0 Å². The summed E-state index contributed by atoms with van der Waals surface area (Å²) in [6.07, 6.45) is 3.21. The number of ketones is 1. The maximum atomic E-state index is 12.5. The molecular formula is C22H23NO5. The van der Waals surface area contributed by atoms with Crippen LogP contribution in [0.2, 0.25) is 0 Å². The van der Waals surface area contributed by atoms with Gasteiger partial charge in [-0.05, 0) is 47.9 Å². The maximum Gasteiger partial charge on any atom is 0.262 e. The molecule has 0 bridgehead atoms. The van der Waals surface area contributed by atoms with Crippen molar-refractivity contribution in [1.82, 2.24) is 0 Å². The number of allylic oxidation sites excluding steroid dienone is 1. The molecule has 1 amide bonds. The van der Waals surface area contributed by atoms with Gasteiger partial charge in [-0.15, -0.1) is 0 Å². The molecule has 0 saturated carbocycles. The van der Waals surface area contributed by atoms with E-state index in [1.807, 2.05) is 18.2 Å². The third-order valence-electron chi connectivity index (χ3n) is 4.08. The van der Waals surface area contributed by atoms with Gasteiger partial charge in [0.05, 0.1) is 19.4 Å². The summed E-state index contributed by atoms with van der Waals surface area (Å²) in [5.74, 6) is 1.82. The summed E-state index contributed by atoms with van der Waals surface area (Å²) in [6, 6.07) is 10.5. The molecule has 1 heterocycles. The van der Waals surface area contributed by atoms with Crippen molar-refractivity contribution in [2.24, 2.45) is 5.92 Å². The molecule has 6 heteroatoms. The molecule has 6 nitrogen and oxygen atoms in total. The van der Waals surface area contributed by atoms with Gasteiger partial charge in [0, 0.05) is 5.56 Å². The van der Waals surface area contributed by atoms with E-state index in [0.717, 1.165) is 5.56 Å². The lowest BCUT2D eigenvalue weighted by Crippen LogP contribution is -2.25. The monoisotopic (exact) mass is 381 g/mol. The third kappa shape index (κ3) is 4.71. The lowest BCUT2D eigenvalue weighted by atomic mass is 10.1. The highest BCUT2D eigenvalue weighted by Gasteiger charge is 2.17. The number of methoxy groups -OCH3 is 1. The standard InChI is InChI=1S/C22H23NO5/c1-14(2)12-27-21-10-15(5-8-20(21)26-3)4-7-18(24)16-6-9-19-17(11-16)23-22(25)13-28-19/h4-11,14H,12-13H2,1-3H3,(H,23,25)/b7-4+. The highest BCUT2D eigenvalue weighted by Crippen LogP contribution is 2.30. The van der Waals surface area contributed by atoms with E-state index in [1.54, 1.807) is 31.4 Å². The quantitative estimate of drug-likeness (QED) is 0.581. The average molecular weight is 381 g/mol. The van der Waals surface area contributed by atoms with Crippen LogP contribution in [0, 0.1) is 5.92 Å². The van der Waals surface area contributed by atoms with E-state index in [-0.39, 0.29) is 18.3 Å². The lowest BCUT2D eigenvalue weighted by molar-refractivity contribution is -0.118. The normalized spacial score (nSPS) is 13.1. The van der Waals surface area contributed by atoms with E-state index in [1.165, 1.54) is 6.08 Å². The fraction of sp³-hybridized carbons (Fsp3) is 0.273. The van der Waals surface area contributed by atoms with E-state index in [9.17, 15) is 9.59 Å². The van der Waals surface area contributed by atoms with Crippen molar-refractivity contribution in [3.8, 4) is 17.2 Å². The number of rotatable bonds is 7. The Balaban J connectivity index is 1.76. The second-order valence-electron chi connectivity index (χ2n) is 6.86. The first-order valence-electron chi connectivity index (χ1n) is 9.06. The van der Waals surface area contributed by atoms with Gasteiger partial charge in [0.25, 0.3) is 5.91 Å². The number of nitrogens with one attached hydrogen (secondary N) is 1. The van der Waals surface area contributed by atoms with Gasteiger partial charge in [-0.3, -0.25) is 9.59 Å². The molecule has 0 fully saturated rings. The van der Waals surface area contributed by atoms with Crippen LogP contribution in [0.4, 0.5) is 5.69 Å². The van der Waals surface area contributed by atoms with Gasteiger partial charge < -0.3 is 19.5 Å². The van der Waals surface area contributed by atoms with E-state index in [0.29, 0.717) is 41.0 Å². The van der Waals surface area contributed by atoms with Crippen LogP contribution >= 0.6 is 0 Å². The van der Waals surface area contributed by atoms with Crippen molar-refractivity contribution in [1.29, 1.82) is 0 Å². The zero-order chi connectivity index (χ0) is 20.1. The van der Waals surface area contributed by atoms with Gasteiger partial charge in [0.15, 0.2) is 23.9 Å². The Bertz CT molecular complexity index is 917. The Labute approximate surface area is 164 Å². The molecule has 2 aromatic carbocycles. The van der Waals surface area contributed by atoms with E-state index in [2.05, 4.69) is 19.2 Å². The van der Waals surface area contributed by atoms with Gasteiger partial charge in [0.1, 0.15) is 5.75 Å². The predicted octanol–water partition coefficient (Wildman–Crippen LogP) is 3.96. The summed E-state index contributed by atoms with van der Waals surface area (Å²) in [5, 5.41) is 2.70. The summed E-state index contributed by atoms with van der Waals surface area (Å²) >= 11 is 0. The topological polar surface area (TPSA) is 73.9 Å². The summed E-state index contributed by atoms with van der Waals surface area (Å²) in [6.45, 7) is 4.70. The van der Waals surface area contributed by atoms with Crippen LogP contribution in [0.15, 0.2) is 42.5 Å². The molecule has 0 aliphatic carbocycles. The number of carbonyl (C=O) groups excluding carboxylic acids is 2. The maximum absolute atomic E-state index is 12.5. The molecule has 0 saturated heterocycles. The molecule has 0 atom stereocenters. The van der Waals surface area contributed by atoms with Crippen molar-refractivity contribution in [2.45, 2.75) is 13.8 Å². The molecule has 2 aromatic rings. The fourth-order valence-electron chi connectivity index (χ4n) is 2.67. The number of fused-ring (bicyclic) bond motifs is 1. The van der Waals surface area contributed by atoms with Crippen molar-refractivity contribution in [3.63, 3.8) is 0 Å². The number of carbonyl (C=O) groups is 2. The largest absolute Gasteiger partial charge is 0.493 e. The van der Waals surface area contributed by atoms with E-state index < -0.39 is 0 Å². The minimum atomic E-state index is -0.236. The van der Waals surface area contributed by atoms with E-state index >= 15 is 0 Å². The molecule has 0 radical (unpaired) electrons. The van der Waals surface area contributed by atoms with Crippen LogP contribution in [0.1, 0.15) is 29.8 Å². The average Bonchev–Trinajstić information content (AvgIpc) is 2.69. The Morgan fingerprint density at radius 3 is 2.79 bits per heavy atom. The van der Waals surface area contributed by atoms with Gasteiger partial charge in [-0.1, -0.05) is 26.0 Å². The zero-order valence-electron chi connectivity index (χ0n) is 16.2. The minimum absolute atomic E-state index is 0.0150. The second-order valence-corrected chi connectivity index (χ2v) is 6.86. The first-order valence-corrected chi connectivity index (χ1v) is 9.06. The molecule has 1 aliphatic rings. The summed E-state index contributed by atoms with van der Waals surface area (Å²) in [7, 11) is 1.59. The first-order chi connectivity index (χ1) is 13.5. The highest BCUT2D eigenvalue weighted by molar-refractivity contribution is 6.08. The highest BCUT2D eigenvalue weighted by atomic mass is 16.5. The van der Waals surface area contributed by atoms with E-state index in [4.69, 9.17) is 14.2 Å². The number of amides is 1. The lowest BCUT2D eigenvalue weighted by Gasteiger charge is -2.18. The number of anilines is 1. The van der Waals surface area contributed by atoms with Crippen LogP contribution in [-0.4, -0.2) is 32.0 Å². The molecule has 1 aliphatic heterocycles. The zero-order valence-corrected chi connectivity index (χ0v) is 16.2. The molecular weight excluding hydrogens is 358 g/mol. The van der Waals surface area contributed by atoms with Crippen molar-refractivity contribution in [2.75, 3.05) is 25.6 Å². The fourth-order valence-corrected chi connectivity index (χ4v) is 2.67. The summed E-state index contributed by atoms with van der Waals surface area (Å²) in [5.41, 5.74) is 1.79. The van der Waals surface area contributed by atoms with Crippen molar-refractivity contribution < 1.29 is 23.8 Å². The van der Waals surface area contributed by atoms with Crippen LogP contribution in [0.5, 0.6) is 17.2 Å². The molecule has 0 spiro atoms. The number of hydrogen-bond donors (Lipinski definition) is 1. The van der Waals surface area contributed by atoms with Crippen LogP contribution in [-0.2, 0) is 4.79 Å². The molecule has 1 N–H and O–H groups in total. The molecule has 3 rings (SSSR count). The molecule has 0 unspecified atom stereocenters. The second kappa shape index (κ2) is 8.61. The number of hydrogen-bond acceptors (Lipinski definition) is 5. The van der Waals surface area contributed by atoms with Gasteiger partial charge in [0.2, 0.25) is 0 Å². The first kappa shape index (κ1) is 19.5. The van der Waals surface area contributed by atoms with Crippen molar-refractivity contribution in [3.05, 3.63) is 53.6 Å². The Kier molecular flexibility index (Phi) is 5.99. The number of ether oxygens (including phenoxy) is 3. The molecule has 0 aromatic heterocycles. The smallest absolute Gasteiger partial charge is 0.262 e. The summed E-state index contributed by atoms with van der Waals surface area (Å²) in [4.78, 5) is 24.0. The Morgan fingerprint density at radius 2 is 2.04 bits per heavy atom. The SMILES string of the molecule is COc1ccc(/C=C/C(=O)c2ccc3c(c2)NC(=O)CO3)cc1OCC(C)C. The van der Waals surface area contributed by atoms with Gasteiger partial charge >= 0.3 is 0 Å². The van der Waals surface area contributed by atoms with Gasteiger partial charge in [-0.25, -0.2) is 0 Å². The summed E-state index contributed by atoms with van der Waals surface area (Å²) < 4.78 is 16.4. The van der Waals surface area contributed by atoms with Crippen LogP contribution in [0.3, 0.4) is 0 Å². The minimum Gasteiger partial charge on any atom is -0.493 e. The third-order valence-corrected chi connectivity index (χ3v) is 4.08. The molecule has 146 valence electrons. The van der Waals surface area contributed by atoms with Crippen LogP contribution in [0.25, 0.3) is 6.08 Å². The predicted molar refractivity (Wildman–Crippen MR) is 107 cm³/mol. The number of benzene rings is 2. The Morgan fingerprint density at radius 1 is 1.21 bits per heavy atom.